The number of nitrogens with zero attached hydrogens (tertiary/aromatic N) is 1. The van der Waals surface area contributed by atoms with Crippen molar-refractivity contribution >= 4 is 11.1 Å². The van der Waals surface area contributed by atoms with Crippen LogP contribution in [0.25, 0.3) is 11.1 Å². The van der Waals surface area contributed by atoms with E-state index in [0.29, 0.717) is 12.1 Å². The molecule has 1 nitrogen and oxygen atoms in total. The first-order valence-corrected chi connectivity index (χ1v) is 9.67. The molecule has 2 aromatic carbocycles. The number of halogens is 1. The zero-order valence-electron chi connectivity index (χ0n) is 15.4. The predicted molar refractivity (Wildman–Crippen MR) is 107 cm³/mol. The molecule has 2 heteroatoms. The van der Waals surface area contributed by atoms with Gasteiger partial charge in [0.15, 0.2) is 0 Å². The van der Waals surface area contributed by atoms with E-state index in [2.05, 4.69) is 54.3 Å². The maximum absolute atomic E-state index is 13.2. The minimum atomic E-state index is -0.162. The van der Waals surface area contributed by atoms with E-state index in [1.165, 1.54) is 35.1 Å². The normalized spacial score (nSPS) is 24.1. The van der Waals surface area contributed by atoms with Crippen molar-refractivity contribution in [1.82, 2.24) is 4.90 Å². The average molecular weight is 347 g/mol. The van der Waals surface area contributed by atoms with Gasteiger partial charge in [0.1, 0.15) is 5.82 Å². The van der Waals surface area contributed by atoms with Crippen LogP contribution in [0.1, 0.15) is 43.7 Å². The van der Waals surface area contributed by atoms with Crippen molar-refractivity contribution < 1.29 is 4.39 Å². The summed E-state index contributed by atoms with van der Waals surface area (Å²) >= 11 is 0. The van der Waals surface area contributed by atoms with Crippen molar-refractivity contribution in [2.45, 2.75) is 44.7 Å². The van der Waals surface area contributed by atoms with E-state index in [1.54, 1.807) is 12.1 Å². The third-order valence-corrected chi connectivity index (χ3v) is 5.76. The van der Waals surface area contributed by atoms with Crippen molar-refractivity contribution in [3.8, 4) is 0 Å². The second kappa shape index (κ2) is 7.59. The van der Waals surface area contributed by atoms with Gasteiger partial charge in [-0.3, -0.25) is 4.90 Å². The predicted octanol–water partition coefficient (Wildman–Crippen LogP) is 5.94. The molecule has 2 atom stereocenters. The lowest BCUT2D eigenvalue weighted by molar-refractivity contribution is 0.175. The highest BCUT2D eigenvalue weighted by Gasteiger charge is 2.27. The van der Waals surface area contributed by atoms with Crippen LogP contribution in [0.2, 0.25) is 0 Å². The first-order chi connectivity index (χ1) is 12.7. The lowest BCUT2D eigenvalue weighted by Gasteiger charge is -2.40. The van der Waals surface area contributed by atoms with E-state index in [0.717, 1.165) is 19.4 Å². The summed E-state index contributed by atoms with van der Waals surface area (Å²) in [4.78, 5) is 2.62. The molecule has 0 bridgehead atoms. The quantitative estimate of drug-likeness (QED) is 0.664. The highest BCUT2D eigenvalue weighted by molar-refractivity contribution is 5.68. The summed E-state index contributed by atoms with van der Waals surface area (Å²) < 4.78 is 13.2. The Morgan fingerprint density at radius 3 is 2.38 bits per heavy atom. The third-order valence-electron chi connectivity index (χ3n) is 5.76. The second-order valence-corrected chi connectivity index (χ2v) is 7.50. The van der Waals surface area contributed by atoms with Gasteiger partial charge in [-0.1, -0.05) is 54.6 Å². The molecule has 0 saturated carbocycles. The molecule has 1 aliphatic carbocycles. The van der Waals surface area contributed by atoms with E-state index in [-0.39, 0.29) is 5.82 Å². The first kappa shape index (κ1) is 17.2. The van der Waals surface area contributed by atoms with Crippen molar-refractivity contribution in [1.29, 1.82) is 0 Å². The SMILES string of the molecule is CC1CC(c2ccccc2)=CCN1C1C=C(c2ccc(F)cc2)CCC1. The standard InChI is InChI=1S/C24H26FN/c1-18-16-22(19-6-3-2-4-7-19)14-15-26(18)24-9-5-8-21(17-24)20-10-12-23(25)13-11-20/h2-4,6-7,10-14,17-18,24H,5,8-9,15-16H2,1H3. The number of rotatable bonds is 3. The molecule has 0 amide bonds. The fourth-order valence-corrected chi connectivity index (χ4v) is 4.33. The van der Waals surface area contributed by atoms with Gasteiger partial charge in [0.2, 0.25) is 0 Å². The van der Waals surface area contributed by atoms with E-state index in [9.17, 15) is 4.39 Å². The Hall–Kier alpha value is -2.19. The molecular formula is C24H26FN. The van der Waals surface area contributed by atoms with Crippen LogP contribution in [0.3, 0.4) is 0 Å². The van der Waals surface area contributed by atoms with Gasteiger partial charge >= 0.3 is 0 Å². The molecule has 2 unspecified atom stereocenters. The Balaban J connectivity index is 1.53. The maximum atomic E-state index is 13.2. The average Bonchev–Trinajstić information content (AvgIpc) is 2.69. The lowest BCUT2D eigenvalue weighted by Crippen LogP contribution is -2.44. The zero-order chi connectivity index (χ0) is 17.9. The highest BCUT2D eigenvalue weighted by atomic mass is 19.1. The summed E-state index contributed by atoms with van der Waals surface area (Å²) in [6, 6.07) is 18.7. The van der Waals surface area contributed by atoms with Gasteiger partial charge in [-0.25, -0.2) is 4.39 Å². The summed E-state index contributed by atoms with van der Waals surface area (Å²) in [6.07, 6.45) is 9.43. The van der Waals surface area contributed by atoms with Crippen LogP contribution < -0.4 is 0 Å². The van der Waals surface area contributed by atoms with E-state index in [1.807, 2.05) is 12.1 Å². The Bertz CT molecular complexity index is 804. The summed E-state index contributed by atoms with van der Waals surface area (Å²) in [5, 5.41) is 0. The van der Waals surface area contributed by atoms with Gasteiger partial charge in [-0.15, -0.1) is 0 Å². The molecule has 0 spiro atoms. The molecule has 134 valence electrons. The summed E-state index contributed by atoms with van der Waals surface area (Å²) in [5.41, 5.74) is 5.35. The lowest BCUT2D eigenvalue weighted by atomic mass is 9.87. The van der Waals surface area contributed by atoms with Crippen LogP contribution in [0.4, 0.5) is 4.39 Å². The van der Waals surface area contributed by atoms with Crippen molar-refractivity contribution in [3.05, 3.63) is 83.7 Å². The Morgan fingerprint density at radius 1 is 0.923 bits per heavy atom. The van der Waals surface area contributed by atoms with Crippen LogP contribution >= 0.6 is 0 Å². The Morgan fingerprint density at radius 2 is 1.65 bits per heavy atom. The van der Waals surface area contributed by atoms with Gasteiger partial charge in [0.25, 0.3) is 0 Å². The molecule has 0 saturated heterocycles. The molecule has 4 rings (SSSR count). The van der Waals surface area contributed by atoms with Crippen LogP contribution in [0.5, 0.6) is 0 Å². The molecule has 2 aromatic rings. The van der Waals surface area contributed by atoms with Crippen molar-refractivity contribution in [2.24, 2.45) is 0 Å². The van der Waals surface area contributed by atoms with Gasteiger partial charge in [0, 0.05) is 18.6 Å². The minimum absolute atomic E-state index is 0.162. The molecule has 0 fully saturated rings. The monoisotopic (exact) mass is 347 g/mol. The Kier molecular flexibility index (Phi) is 5.03. The number of hydrogen-bond donors (Lipinski definition) is 0. The van der Waals surface area contributed by atoms with Crippen LogP contribution in [0, 0.1) is 5.82 Å². The number of benzene rings is 2. The van der Waals surface area contributed by atoms with Gasteiger partial charge in [-0.05, 0) is 67.0 Å². The fourth-order valence-electron chi connectivity index (χ4n) is 4.33. The molecule has 1 aliphatic heterocycles. The molecular weight excluding hydrogens is 321 g/mol. The smallest absolute Gasteiger partial charge is 0.123 e. The summed E-state index contributed by atoms with van der Waals surface area (Å²) in [6.45, 7) is 3.35. The largest absolute Gasteiger partial charge is 0.290 e. The van der Waals surface area contributed by atoms with Crippen molar-refractivity contribution in [3.63, 3.8) is 0 Å². The molecule has 0 aromatic heterocycles. The minimum Gasteiger partial charge on any atom is -0.290 e. The zero-order valence-corrected chi connectivity index (χ0v) is 15.4. The molecule has 1 heterocycles. The van der Waals surface area contributed by atoms with Gasteiger partial charge < -0.3 is 0 Å². The first-order valence-electron chi connectivity index (χ1n) is 9.67. The fraction of sp³-hybridized carbons (Fsp3) is 0.333. The number of allylic oxidation sites excluding steroid dienone is 1. The summed E-state index contributed by atoms with van der Waals surface area (Å²) in [7, 11) is 0. The third kappa shape index (κ3) is 3.66. The molecule has 0 N–H and O–H groups in total. The summed E-state index contributed by atoms with van der Waals surface area (Å²) in [5.74, 6) is -0.162. The van der Waals surface area contributed by atoms with Gasteiger partial charge in [-0.2, -0.15) is 0 Å². The maximum Gasteiger partial charge on any atom is 0.123 e. The van der Waals surface area contributed by atoms with Crippen LogP contribution in [0.15, 0.2) is 66.7 Å². The van der Waals surface area contributed by atoms with Gasteiger partial charge in [0.05, 0.1) is 0 Å². The van der Waals surface area contributed by atoms with E-state index >= 15 is 0 Å². The Labute approximate surface area is 155 Å². The van der Waals surface area contributed by atoms with Crippen LogP contribution in [-0.4, -0.2) is 23.5 Å². The highest BCUT2D eigenvalue weighted by Crippen LogP contribution is 2.33. The van der Waals surface area contributed by atoms with Crippen LogP contribution in [-0.2, 0) is 0 Å². The van der Waals surface area contributed by atoms with E-state index in [4.69, 9.17) is 0 Å². The number of hydrogen-bond acceptors (Lipinski definition) is 1. The second-order valence-electron chi connectivity index (χ2n) is 7.50. The molecule has 2 aliphatic rings. The van der Waals surface area contributed by atoms with Crippen molar-refractivity contribution in [2.75, 3.05) is 6.54 Å². The van der Waals surface area contributed by atoms with E-state index < -0.39 is 0 Å². The molecule has 0 radical (unpaired) electrons. The topological polar surface area (TPSA) is 3.24 Å². The molecule has 26 heavy (non-hydrogen) atoms.